The molecule has 0 aliphatic rings. The zero-order chi connectivity index (χ0) is 115. The lowest BCUT2D eigenvalue weighted by Crippen LogP contribution is -2.95. The number of alkyl halides is 91. The summed E-state index contributed by atoms with van der Waals surface area (Å²) in [5.41, 5.74) is -103. The first-order chi connectivity index (χ1) is 57.6. The van der Waals surface area contributed by atoms with Gasteiger partial charge in [-0.25, -0.2) is 52.7 Å². The van der Waals surface area contributed by atoms with Crippen LogP contribution in [0.3, 0.4) is 0 Å². The Morgan fingerprint density at radius 3 is 0.246 bits per heavy atom. The summed E-state index contributed by atoms with van der Waals surface area (Å²) >= 11 is 0. The van der Waals surface area contributed by atoms with Crippen molar-refractivity contribution in [2.45, 2.75) is 248 Å². The predicted octanol–water partition coefficient (Wildman–Crippen LogP) is 28.3. The Hall–Kier alpha value is -5.80. The lowest BCUT2D eigenvalue weighted by molar-refractivity contribution is -0.447. The Labute approximate surface area is 682 Å². The minimum Gasteiger partial charge on any atom is -0.419 e. The number of rotatable bonds is 39. The molecule has 1 radical (unpaired) electrons. The maximum atomic E-state index is 17.4. The molecule has 0 aliphatic carbocycles. The van der Waals surface area contributed by atoms with E-state index in [1.165, 1.54) is 0 Å². The van der Waals surface area contributed by atoms with Crippen molar-refractivity contribution in [2.75, 3.05) is 0 Å². The van der Waals surface area contributed by atoms with Gasteiger partial charge in [0, 0.05) is 0 Å². The SMILES string of the molecule is FC(F)(F)C(F)(F)C(F)(F)C(F)(F)C(F)(F)C(F)(F)[Si](O[Si](C(F)(F)C(F)(F)C(F)(F)C(F)(F)C(F)(F)C(F)(F)F)(C(F)(F)C(F)(F)C(F)(F)C(F)(F)C(F)(F)C(F)(F)F)C(F)(F)C(F)(F)C(F)(F)C(F)(F)C(F)(F)C(F)(F)F)O[Si](C(F)(F)C(F)(F)C(F)(F)C(F)(F)C(F)(F)C(F)(F)F)(C(F)(F)C(F)(F)C(F)(F)C(F)(F)C(F)(F)C(F)(F)F)C(F)(F)C(F)(F)C(F)(F)C(F)(F)C(F)(F)C(F)(F)F. The van der Waals surface area contributed by atoms with E-state index < -0.39 is 282 Å². The maximum absolute atomic E-state index is 19.1. The van der Waals surface area contributed by atoms with Crippen LogP contribution < -0.4 is 0 Å². The van der Waals surface area contributed by atoms with Gasteiger partial charge in [-0.05, 0) is 0 Å². The molecule has 0 saturated heterocycles. The Morgan fingerprint density at radius 1 is 0.0942 bits per heavy atom. The van der Waals surface area contributed by atoms with Crippen LogP contribution in [-0.2, 0) is 8.23 Å². The van der Waals surface area contributed by atoms with E-state index in [0.717, 1.165) is 0 Å². The van der Waals surface area contributed by atoms with Crippen molar-refractivity contribution in [1.82, 2.24) is 0 Å². The van der Waals surface area contributed by atoms with Crippen LogP contribution in [0.15, 0.2) is 0 Å². The van der Waals surface area contributed by atoms with Gasteiger partial charge in [-0.3, -0.25) is 0 Å². The highest BCUT2D eigenvalue weighted by molar-refractivity contribution is 6.90. The largest absolute Gasteiger partial charge is 0.460 e. The molecule has 0 aromatic carbocycles. The van der Waals surface area contributed by atoms with Gasteiger partial charge in [-0.15, -0.1) is 0 Å². The second kappa shape index (κ2) is 32.1. The van der Waals surface area contributed by atoms with Crippen LogP contribution in [0, 0.1) is 0 Å². The van der Waals surface area contributed by atoms with Crippen LogP contribution in [-0.4, -0.2) is 274 Å². The summed E-state index contributed by atoms with van der Waals surface area (Å²) < 4.78 is 1370. The van der Waals surface area contributed by atoms with Gasteiger partial charge in [-0.1, -0.05) is 0 Å². The monoisotopic (exact) mass is 2350 g/mol. The summed E-state index contributed by atoms with van der Waals surface area (Å²) in [7, 11) is -54.2. The van der Waals surface area contributed by atoms with Crippen LogP contribution in [0.4, 0.5) is 400 Å². The lowest BCUT2D eigenvalue weighted by atomic mass is 9.97. The van der Waals surface area contributed by atoms with E-state index in [-0.39, 0.29) is 0 Å². The molecule has 0 spiro atoms. The minimum atomic E-state index is -19.1. The molecule has 0 aromatic heterocycles. The van der Waals surface area contributed by atoms with Crippen LogP contribution in [0.5, 0.6) is 0 Å². The van der Waals surface area contributed by atoms with Crippen LogP contribution in [0.1, 0.15) is 0 Å². The fraction of sp³-hybridized carbons (Fsp3) is 1.00. The van der Waals surface area contributed by atoms with Crippen molar-refractivity contribution in [3.05, 3.63) is 0 Å². The standard InChI is InChI=1S/C42F91O2Si3/c43-1(44,15(71,72)29(99,100)101)8(57,58)22(85,86)36(120,121)136(134-137(37(122,123)23(87,88)9(59,60)2(45,46)16(73,74)30(102,103)104,38(124,125)24(89,90)10(61,62)3(47,48)17(75,76)31(105,106)107)39(126,127)25(91,92)11(63,64)4(49,50)18(77,78)32(108,109)110)135-138(40(128,129)26(93,94)12(65,66)5(51,52)19(79,80)33(111,112)113,41(130,131)27(95,96)13(67,68)6(53,54)20(81,82)34(114,115)116)42(132,133)28(97,98)14(69,70)7(55,56)21(83,84)35(117,118)119. The topological polar surface area (TPSA) is 18.5 Å². The maximum Gasteiger partial charge on any atom is 0.460 e. The van der Waals surface area contributed by atoms with E-state index in [1.807, 2.05) is 0 Å². The molecule has 829 valence electrons. The lowest BCUT2D eigenvalue weighted by Gasteiger charge is -2.57. The highest BCUT2D eigenvalue weighted by Gasteiger charge is 3.14. The summed E-state index contributed by atoms with van der Waals surface area (Å²) in [5, 5.41) is 0. The van der Waals surface area contributed by atoms with Crippen molar-refractivity contribution in [3.8, 4) is 0 Å². The number of hydrogen-bond donors (Lipinski definition) is 0. The normalized spacial score (nSPS) is 17.7. The first-order valence-corrected chi connectivity index (χ1v) is 33.6. The summed E-state index contributed by atoms with van der Waals surface area (Å²) in [6.45, 7) is 0. The molecule has 0 N–H and O–H groups in total. The van der Waals surface area contributed by atoms with Gasteiger partial charge in [0.25, 0.3) is 0 Å². The molecule has 0 aliphatic heterocycles. The molecule has 138 heavy (non-hydrogen) atoms. The zero-order valence-corrected chi connectivity index (χ0v) is 60.7. The molecule has 0 atom stereocenters. The molecule has 2 nitrogen and oxygen atoms in total. The smallest absolute Gasteiger partial charge is 0.419 e. The van der Waals surface area contributed by atoms with E-state index >= 15 is 184 Å². The van der Waals surface area contributed by atoms with Gasteiger partial charge >= 0.3 is 274 Å². The highest BCUT2D eigenvalue weighted by Crippen LogP contribution is 2.79. The summed E-state index contributed by atoms with van der Waals surface area (Å²) in [6.07, 6.45) is -72.6. The fourth-order valence-corrected chi connectivity index (χ4v) is 22.1. The molecule has 0 aromatic rings. The average Bonchev–Trinajstić information content (AvgIpc) is 0.645. The predicted molar refractivity (Wildman–Crippen MR) is 235 cm³/mol. The van der Waals surface area contributed by atoms with Crippen molar-refractivity contribution >= 4 is 25.9 Å². The molecule has 0 saturated carbocycles. The highest BCUT2D eigenvalue weighted by atomic mass is 28.4. The Morgan fingerprint density at radius 2 is 0.167 bits per heavy atom. The molecular formula is C42F91O2Si3. The van der Waals surface area contributed by atoms with E-state index in [0.29, 0.717) is 0 Å². The molecular weight excluding hydrogens is 2350 g/mol. The van der Waals surface area contributed by atoms with Gasteiger partial charge in [0.2, 0.25) is 0 Å². The molecule has 0 rings (SSSR count). The van der Waals surface area contributed by atoms with E-state index in [9.17, 15) is 215 Å². The van der Waals surface area contributed by atoms with Gasteiger partial charge in [0.15, 0.2) is 0 Å². The third-order valence-electron chi connectivity index (χ3n) is 16.9. The molecule has 0 bridgehead atoms. The van der Waals surface area contributed by atoms with Crippen molar-refractivity contribution < 1.29 is 408 Å². The zero-order valence-electron chi connectivity index (χ0n) is 57.7. The average molecular weight is 2350 g/mol. The third kappa shape index (κ3) is 15.1. The third-order valence-corrected chi connectivity index (χ3v) is 28.9. The first kappa shape index (κ1) is 132. The number of halogens is 91. The molecule has 96 heteroatoms. The van der Waals surface area contributed by atoms with Gasteiger partial charge < -0.3 is 8.23 Å². The van der Waals surface area contributed by atoms with E-state index in [2.05, 4.69) is 0 Å². The second-order valence-electron chi connectivity index (χ2n) is 25.4. The van der Waals surface area contributed by atoms with Crippen molar-refractivity contribution in [3.63, 3.8) is 0 Å². The van der Waals surface area contributed by atoms with Gasteiger partial charge in [-0.2, -0.15) is 347 Å². The Balaban J connectivity index is 15.4. The van der Waals surface area contributed by atoms with E-state index in [4.69, 9.17) is 0 Å². The Bertz CT molecular complexity index is 3700. The van der Waals surface area contributed by atoms with Crippen LogP contribution >= 0.6 is 0 Å². The summed E-state index contributed by atoms with van der Waals surface area (Å²) in [4.78, 5) is 0. The summed E-state index contributed by atoms with van der Waals surface area (Å²) in [5.74, 6) is -350. The minimum absolute atomic E-state index is 0.946. The first-order valence-electron chi connectivity index (χ1n) is 28.5. The molecule has 0 heterocycles. The number of hydrogen-bond acceptors (Lipinski definition) is 2. The molecule has 0 unspecified atom stereocenters. The fourth-order valence-electron chi connectivity index (χ4n) is 8.84. The Kier molecular flexibility index (Phi) is 30.8. The van der Waals surface area contributed by atoms with Gasteiger partial charge in [0.1, 0.15) is 0 Å². The van der Waals surface area contributed by atoms with Crippen LogP contribution in [0.2, 0.25) is 0 Å². The molecule has 0 amide bonds. The van der Waals surface area contributed by atoms with Crippen molar-refractivity contribution in [2.24, 2.45) is 0 Å². The van der Waals surface area contributed by atoms with Crippen molar-refractivity contribution in [1.29, 1.82) is 0 Å². The summed E-state index contributed by atoms with van der Waals surface area (Å²) in [6, 6.07) is 0. The second-order valence-corrected chi connectivity index (χ2v) is 34.8. The van der Waals surface area contributed by atoms with E-state index in [1.54, 1.807) is 0 Å². The van der Waals surface area contributed by atoms with Crippen LogP contribution in [0.25, 0.3) is 0 Å². The molecule has 0 fully saturated rings. The van der Waals surface area contributed by atoms with Gasteiger partial charge in [0.05, 0.1) is 0 Å². The quantitative estimate of drug-likeness (QED) is 0.0451.